The number of aliphatic hydroxyl groups excluding tert-OH is 1. The maximum atomic E-state index is 11.7. The molecule has 0 saturated heterocycles. The molecule has 1 radical (unpaired) electrons. The minimum absolute atomic E-state index is 0. The number of allylic oxidation sites excluding steroid dienone is 2. The first-order valence-corrected chi connectivity index (χ1v) is 20.3. The third-order valence-corrected chi connectivity index (χ3v) is 11.4. The van der Waals surface area contributed by atoms with Crippen LogP contribution in [-0.4, -0.2) is 20.9 Å². The molecule has 5 aromatic carbocycles. The molecule has 0 aliphatic heterocycles. The molecule has 3 aromatic heterocycles. The van der Waals surface area contributed by atoms with E-state index in [4.69, 9.17) is 14.4 Å². The van der Waals surface area contributed by atoms with Gasteiger partial charge < -0.3 is 14.5 Å². The van der Waals surface area contributed by atoms with Crippen LogP contribution in [0.2, 0.25) is 0 Å². The zero-order chi connectivity index (χ0) is 40.2. The molecule has 0 atom stereocenters. The summed E-state index contributed by atoms with van der Waals surface area (Å²) in [4.78, 5) is 21.4. The summed E-state index contributed by atoms with van der Waals surface area (Å²) in [7, 11) is 0. The molecule has 5 nitrogen and oxygen atoms in total. The normalized spacial score (nSPS) is 11.7. The average Bonchev–Trinajstić information content (AvgIpc) is 3.62. The SMILES string of the molecule is CCC(CC)C(=O)/C=C(\O)C(CC)CC.Cc1ccc2ccc3c4cc[c-]c(-c5cc(-c6cc7ccc(-c8ccccc8)cc7cc6C)c(C)cn5)c4oc3c2n1.[Ir]. The van der Waals surface area contributed by atoms with Crippen LogP contribution in [0.15, 0.2) is 126 Å². The maximum Gasteiger partial charge on any atom is 0.162 e. The van der Waals surface area contributed by atoms with Crippen LogP contribution in [0.1, 0.15) is 70.2 Å². The van der Waals surface area contributed by atoms with Crippen molar-refractivity contribution in [2.24, 2.45) is 11.8 Å². The van der Waals surface area contributed by atoms with Gasteiger partial charge in [0.1, 0.15) is 11.1 Å². The summed E-state index contributed by atoms with van der Waals surface area (Å²) >= 11 is 0. The van der Waals surface area contributed by atoms with Gasteiger partial charge in [-0.3, -0.25) is 4.79 Å². The molecule has 0 aliphatic carbocycles. The van der Waals surface area contributed by atoms with Crippen molar-refractivity contribution in [3.8, 4) is 33.5 Å². The van der Waals surface area contributed by atoms with Crippen LogP contribution >= 0.6 is 0 Å². The Morgan fingerprint density at radius 3 is 2.10 bits per heavy atom. The summed E-state index contributed by atoms with van der Waals surface area (Å²) in [6, 6.07) is 39.9. The van der Waals surface area contributed by atoms with E-state index in [1.54, 1.807) is 0 Å². The number of rotatable bonds is 10. The Kier molecular flexibility index (Phi) is 13.4. The Morgan fingerprint density at radius 2 is 1.38 bits per heavy atom. The van der Waals surface area contributed by atoms with Crippen molar-refractivity contribution in [1.29, 1.82) is 0 Å². The number of furan rings is 1. The molecule has 6 heteroatoms. The number of ketones is 1. The van der Waals surface area contributed by atoms with Crippen LogP contribution in [0.25, 0.3) is 77.1 Å². The summed E-state index contributed by atoms with van der Waals surface area (Å²) in [6.45, 7) is 14.4. The van der Waals surface area contributed by atoms with Crippen molar-refractivity contribution < 1.29 is 34.4 Å². The monoisotopic (exact) mass is 944 g/mol. The summed E-state index contributed by atoms with van der Waals surface area (Å²) in [5.74, 6) is 0.547. The van der Waals surface area contributed by atoms with Gasteiger partial charge in [-0.2, -0.15) is 0 Å². The van der Waals surface area contributed by atoms with E-state index >= 15 is 0 Å². The van der Waals surface area contributed by atoms with Gasteiger partial charge in [-0.05, 0) is 115 Å². The fourth-order valence-electron chi connectivity index (χ4n) is 7.91. The van der Waals surface area contributed by atoms with E-state index in [0.29, 0.717) is 0 Å². The topological polar surface area (TPSA) is 76.2 Å². The minimum Gasteiger partial charge on any atom is -0.512 e. The number of benzene rings is 5. The standard InChI is InChI=1S/C39H27N2O.C13H24O2.Ir/c1-23-18-30-19-28(26-8-5-4-6-9-26)14-15-29(30)20-34(23)35-21-36(40-22-24(35)2)33-11-7-10-31-32-17-16-27-13-12-25(3)41-37(27)39(32)42-38(31)33;1-5-10(6-2)12(14)9-13(15)11(7-3)8-4;/h4-10,12-22H,1-3H3;9-11,14H,5-8H2,1-4H3;/q-1;;/b;12-9-;. The fourth-order valence-corrected chi connectivity index (χ4v) is 7.91. The second kappa shape index (κ2) is 18.4. The molecule has 0 unspecified atom stereocenters. The third-order valence-electron chi connectivity index (χ3n) is 11.4. The fraction of sp³-hybridized carbons (Fsp3) is 0.250. The quantitative estimate of drug-likeness (QED) is 0.0840. The molecule has 0 amide bonds. The summed E-state index contributed by atoms with van der Waals surface area (Å²) in [6.07, 6.45) is 6.87. The van der Waals surface area contributed by atoms with Crippen molar-refractivity contribution in [1.82, 2.24) is 9.97 Å². The first-order valence-electron chi connectivity index (χ1n) is 20.3. The molecule has 8 aromatic rings. The number of aromatic nitrogens is 2. The summed E-state index contributed by atoms with van der Waals surface area (Å²) in [5, 5.41) is 15.4. The molecule has 8 rings (SSSR count). The Hall–Kier alpha value is -5.42. The number of carbonyl (C=O) groups excluding carboxylic acids is 1. The van der Waals surface area contributed by atoms with E-state index in [0.717, 1.165) is 86.6 Å². The van der Waals surface area contributed by atoms with Crippen LogP contribution in [-0.2, 0) is 24.9 Å². The third kappa shape index (κ3) is 8.55. The smallest absolute Gasteiger partial charge is 0.162 e. The first-order chi connectivity index (χ1) is 27.6. The molecule has 0 bridgehead atoms. The maximum absolute atomic E-state index is 11.7. The number of aryl methyl sites for hydroxylation is 3. The van der Waals surface area contributed by atoms with Crippen molar-refractivity contribution in [2.45, 2.75) is 74.1 Å². The average molecular weight is 944 g/mol. The van der Waals surface area contributed by atoms with Crippen LogP contribution in [0.4, 0.5) is 0 Å². The first kappa shape index (κ1) is 42.2. The van der Waals surface area contributed by atoms with E-state index in [1.807, 2.05) is 52.9 Å². The van der Waals surface area contributed by atoms with Gasteiger partial charge in [0.2, 0.25) is 0 Å². The zero-order valence-corrected chi connectivity index (χ0v) is 36.8. The second-order valence-corrected chi connectivity index (χ2v) is 15.1. The van der Waals surface area contributed by atoms with E-state index in [1.165, 1.54) is 39.1 Å². The van der Waals surface area contributed by atoms with E-state index in [-0.39, 0.29) is 43.5 Å². The molecular formula is C52H51IrN2O3-. The number of nitrogens with zero attached hydrogens (tertiary/aromatic N) is 2. The predicted octanol–water partition coefficient (Wildman–Crippen LogP) is 14.3. The molecule has 0 aliphatic rings. The molecule has 297 valence electrons. The van der Waals surface area contributed by atoms with E-state index in [2.05, 4.69) is 111 Å². The Labute approximate surface area is 355 Å². The van der Waals surface area contributed by atoms with Gasteiger partial charge in [0.15, 0.2) is 5.78 Å². The second-order valence-electron chi connectivity index (χ2n) is 15.1. The minimum atomic E-state index is 0. The number of pyridine rings is 2. The number of hydrogen-bond acceptors (Lipinski definition) is 5. The van der Waals surface area contributed by atoms with Gasteiger partial charge in [-0.15, -0.1) is 18.2 Å². The predicted molar refractivity (Wildman–Crippen MR) is 238 cm³/mol. The van der Waals surface area contributed by atoms with Gasteiger partial charge >= 0.3 is 0 Å². The van der Waals surface area contributed by atoms with Gasteiger partial charge in [-0.1, -0.05) is 111 Å². The number of aliphatic hydroxyl groups is 1. The molecular weight excluding hydrogens is 893 g/mol. The molecule has 58 heavy (non-hydrogen) atoms. The largest absolute Gasteiger partial charge is 0.512 e. The van der Waals surface area contributed by atoms with Crippen molar-refractivity contribution >= 4 is 49.4 Å². The van der Waals surface area contributed by atoms with Crippen LogP contribution < -0.4 is 0 Å². The molecule has 0 saturated carbocycles. The van der Waals surface area contributed by atoms with Crippen LogP contribution in [0.5, 0.6) is 0 Å². The Balaban J connectivity index is 0.000000305. The van der Waals surface area contributed by atoms with Crippen molar-refractivity contribution in [3.05, 3.63) is 144 Å². The van der Waals surface area contributed by atoms with Gasteiger partial charge in [-0.25, -0.2) is 4.98 Å². The molecule has 3 heterocycles. The zero-order valence-electron chi connectivity index (χ0n) is 34.4. The van der Waals surface area contributed by atoms with Gasteiger partial charge in [0.05, 0.1) is 11.3 Å². The summed E-state index contributed by atoms with van der Waals surface area (Å²) < 4.78 is 6.58. The molecule has 0 fully saturated rings. The van der Waals surface area contributed by atoms with Crippen LogP contribution in [0, 0.1) is 38.7 Å². The number of fused-ring (bicyclic) bond motifs is 6. The molecule has 1 N–H and O–H groups in total. The van der Waals surface area contributed by atoms with Crippen molar-refractivity contribution in [2.75, 3.05) is 0 Å². The number of hydrogen-bond donors (Lipinski definition) is 1. The van der Waals surface area contributed by atoms with Crippen molar-refractivity contribution in [3.63, 3.8) is 0 Å². The van der Waals surface area contributed by atoms with E-state index in [9.17, 15) is 9.90 Å². The molecule has 0 spiro atoms. The van der Waals surface area contributed by atoms with Gasteiger partial charge in [0.25, 0.3) is 0 Å². The number of carbonyl (C=O) groups is 1. The van der Waals surface area contributed by atoms with E-state index < -0.39 is 0 Å². The Morgan fingerprint density at radius 1 is 0.707 bits per heavy atom. The van der Waals surface area contributed by atoms with Gasteiger partial charge in [0, 0.05) is 60.7 Å². The Bertz CT molecular complexity index is 2760. The van der Waals surface area contributed by atoms with Crippen LogP contribution in [0.3, 0.4) is 0 Å². The summed E-state index contributed by atoms with van der Waals surface area (Å²) in [5.41, 5.74) is 12.3.